The Morgan fingerprint density at radius 2 is 1.79 bits per heavy atom. The van der Waals surface area contributed by atoms with Gasteiger partial charge in [-0.2, -0.15) is 0 Å². The molecule has 0 amide bonds. The molecule has 3 rings (SSSR count). The van der Waals surface area contributed by atoms with Crippen LogP contribution in [0.5, 0.6) is 0 Å². The molecule has 0 N–H and O–H groups in total. The van der Waals surface area contributed by atoms with Crippen molar-refractivity contribution in [2.45, 2.75) is 6.92 Å². The van der Waals surface area contributed by atoms with Crippen LogP contribution in [-0.2, 0) is 4.74 Å². The normalized spacial score (nSPS) is 15.5. The molecular weight excluding hydrogens is 238 g/mol. The van der Waals surface area contributed by atoms with Gasteiger partial charge in [0.2, 0.25) is 5.95 Å². The van der Waals surface area contributed by atoms with Gasteiger partial charge in [0.15, 0.2) is 0 Å². The first-order valence-electron chi connectivity index (χ1n) is 6.56. The first kappa shape index (κ1) is 12.1. The van der Waals surface area contributed by atoms with Gasteiger partial charge in [0, 0.05) is 24.8 Å². The predicted octanol–water partition coefficient (Wildman–Crippen LogP) is 2.29. The summed E-state index contributed by atoms with van der Waals surface area (Å²) in [5.41, 5.74) is 3.35. The third-order valence-corrected chi connectivity index (χ3v) is 3.28. The molecule has 0 unspecified atom stereocenters. The minimum Gasteiger partial charge on any atom is -0.378 e. The summed E-state index contributed by atoms with van der Waals surface area (Å²) in [7, 11) is 0. The van der Waals surface area contributed by atoms with Crippen LogP contribution in [0.4, 0.5) is 5.95 Å². The first-order valence-corrected chi connectivity index (χ1v) is 6.56. The fourth-order valence-electron chi connectivity index (χ4n) is 2.15. The van der Waals surface area contributed by atoms with E-state index in [-0.39, 0.29) is 0 Å². The van der Waals surface area contributed by atoms with E-state index >= 15 is 0 Å². The SMILES string of the molecule is Cc1ccc(-c2ccnc(N3CCOCC3)n2)cc1. The van der Waals surface area contributed by atoms with Crippen molar-refractivity contribution in [2.75, 3.05) is 31.2 Å². The lowest BCUT2D eigenvalue weighted by molar-refractivity contribution is 0.122. The summed E-state index contributed by atoms with van der Waals surface area (Å²) in [6, 6.07) is 10.4. The fourth-order valence-corrected chi connectivity index (χ4v) is 2.15. The maximum Gasteiger partial charge on any atom is 0.226 e. The standard InChI is InChI=1S/C15H17N3O/c1-12-2-4-13(5-3-12)14-6-7-16-15(17-14)18-8-10-19-11-9-18/h2-7H,8-11H2,1H3. The lowest BCUT2D eigenvalue weighted by Crippen LogP contribution is -2.37. The molecule has 2 heterocycles. The number of benzene rings is 1. The van der Waals surface area contributed by atoms with Crippen molar-refractivity contribution in [3.05, 3.63) is 42.1 Å². The molecule has 0 atom stereocenters. The number of anilines is 1. The Kier molecular flexibility index (Phi) is 3.42. The zero-order valence-electron chi connectivity index (χ0n) is 11.0. The van der Waals surface area contributed by atoms with Crippen LogP contribution >= 0.6 is 0 Å². The van der Waals surface area contributed by atoms with Crippen LogP contribution in [0.2, 0.25) is 0 Å². The third kappa shape index (κ3) is 2.74. The summed E-state index contributed by atoms with van der Waals surface area (Å²) in [6.45, 7) is 5.30. The second-order valence-electron chi connectivity index (χ2n) is 4.71. The van der Waals surface area contributed by atoms with Crippen molar-refractivity contribution < 1.29 is 4.74 Å². The molecule has 4 nitrogen and oxygen atoms in total. The second-order valence-corrected chi connectivity index (χ2v) is 4.71. The Labute approximate surface area is 113 Å². The average Bonchev–Trinajstić information content (AvgIpc) is 2.49. The first-order chi connectivity index (χ1) is 9.33. The lowest BCUT2D eigenvalue weighted by Gasteiger charge is -2.26. The molecule has 1 saturated heterocycles. The van der Waals surface area contributed by atoms with Crippen molar-refractivity contribution in [3.63, 3.8) is 0 Å². The van der Waals surface area contributed by atoms with Gasteiger partial charge in [-0.25, -0.2) is 9.97 Å². The summed E-state index contributed by atoms with van der Waals surface area (Å²) in [4.78, 5) is 11.2. The van der Waals surface area contributed by atoms with Gasteiger partial charge >= 0.3 is 0 Å². The van der Waals surface area contributed by atoms with Crippen molar-refractivity contribution in [1.82, 2.24) is 9.97 Å². The van der Waals surface area contributed by atoms with E-state index in [0.717, 1.165) is 43.5 Å². The minimum atomic E-state index is 0.748. The summed E-state index contributed by atoms with van der Waals surface area (Å²) in [5.74, 6) is 0.793. The third-order valence-electron chi connectivity index (χ3n) is 3.28. The Morgan fingerprint density at radius 1 is 1.05 bits per heavy atom. The maximum absolute atomic E-state index is 5.35. The number of hydrogen-bond acceptors (Lipinski definition) is 4. The highest BCUT2D eigenvalue weighted by Crippen LogP contribution is 2.19. The largest absolute Gasteiger partial charge is 0.378 e. The summed E-state index contributed by atoms with van der Waals surface area (Å²) < 4.78 is 5.35. The minimum absolute atomic E-state index is 0.748. The summed E-state index contributed by atoms with van der Waals surface area (Å²) in [6.07, 6.45) is 1.83. The zero-order chi connectivity index (χ0) is 13.1. The number of nitrogens with zero attached hydrogens (tertiary/aromatic N) is 3. The molecule has 0 bridgehead atoms. The smallest absolute Gasteiger partial charge is 0.226 e. The van der Waals surface area contributed by atoms with Gasteiger partial charge < -0.3 is 9.64 Å². The molecule has 0 spiro atoms. The van der Waals surface area contributed by atoms with Crippen LogP contribution in [-0.4, -0.2) is 36.3 Å². The Hall–Kier alpha value is -1.94. The second kappa shape index (κ2) is 5.36. The van der Waals surface area contributed by atoms with Crippen LogP contribution in [0.15, 0.2) is 36.5 Å². The van der Waals surface area contributed by atoms with Gasteiger partial charge in [0.05, 0.1) is 18.9 Å². The van der Waals surface area contributed by atoms with Gasteiger partial charge in [-0.15, -0.1) is 0 Å². The van der Waals surface area contributed by atoms with Crippen molar-refractivity contribution in [2.24, 2.45) is 0 Å². The zero-order valence-corrected chi connectivity index (χ0v) is 11.0. The van der Waals surface area contributed by atoms with Gasteiger partial charge in [-0.05, 0) is 13.0 Å². The number of aromatic nitrogens is 2. The Morgan fingerprint density at radius 3 is 2.53 bits per heavy atom. The molecule has 0 aliphatic carbocycles. The number of ether oxygens (including phenoxy) is 1. The molecule has 19 heavy (non-hydrogen) atoms. The van der Waals surface area contributed by atoms with E-state index in [1.165, 1.54) is 5.56 Å². The highest BCUT2D eigenvalue weighted by atomic mass is 16.5. The highest BCUT2D eigenvalue weighted by Gasteiger charge is 2.14. The van der Waals surface area contributed by atoms with Crippen LogP contribution < -0.4 is 4.90 Å². The molecule has 0 radical (unpaired) electrons. The molecule has 4 heteroatoms. The van der Waals surface area contributed by atoms with Gasteiger partial charge in [0.1, 0.15) is 0 Å². The van der Waals surface area contributed by atoms with Crippen molar-refractivity contribution in [3.8, 4) is 11.3 Å². The van der Waals surface area contributed by atoms with E-state index in [0.29, 0.717) is 0 Å². The molecule has 98 valence electrons. The monoisotopic (exact) mass is 255 g/mol. The fraction of sp³-hybridized carbons (Fsp3) is 0.333. The number of hydrogen-bond donors (Lipinski definition) is 0. The van der Waals surface area contributed by atoms with Crippen LogP contribution in [0.3, 0.4) is 0 Å². The number of aryl methyl sites for hydroxylation is 1. The van der Waals surface area contributed by atoms with Crippen LogP contribution in [0, 0.1) is 6.92 Å². The molecule has 1 aromatic carbocycles. The Balaban J connectivity index is 1.88. The molecular formula is C15H17N3O. The number of morpholine rings is 1. The summed E-state index contributed by atoms with van der Waals surface area (Å²) >= 11 is 0. The Bertz CT molecular complexity index is 548. The molecule has 1 aliphatic rings. The predicted molar refractivity (Wildman–Crippen MR) is 75.2 cm³/mol. The maximum atomic E-state index is 5.35. The topological polar surface area (TPSA) is 38.2 Å². The highest BCUT2D eigenvalue weighted by molar-refractivity contribution is 5.60. The van der Waals surface area contributed by atoms with E-state index < -0.39 is 0 Å². The average molecular weight is 255 g/mol. The summed E-state index contributed by atoms with van der Waals surface area (Å²) in [5, 5.41) is 0. The molecule has 1 fully saturated rings. The van der Waals surface area contributed by atoms with Gasteiger partial charge in [0.25, 0.3) is 0 Å². The van der Waals surface area contributed by atoms with E-state index in [1.807, 2.05) is 12.3 Å². The van der Waals surface area contributed by atoms with Gasteiger partial charge in [-0.3, -0.25) is 0 Å². The van der Waals surface area contributed by atoms with Crippen molar-refractivity contribution in [1.29, 1.82) is 0 Å². The van der Waals surface area contributed by atoms with E-state index in [9.17, 15) is 0 Å². The van der Waals surface area contributed by atoms with E-state index in [4.69, 9.17) is 4.74 Å². The number of rotatable bonds is 2. The van der Waals surface area contributed by atoms with Crippen LogP contribution in [0.25, 0.3) is 11.3 Å². The molecule has 1 aliphatic heterocycles. The van der Waals surface area contributed by atoms with E-state index in [2.05, 4.69) is 46.1 Å². The van der Waals surface area contributed by atoms with Crippen molar-refractivity contribution >= 4 is 5.95 Å². The van der Waals surface area contributed by atoms with Gasteiger partial charge in [-0.1, -0.05) is 29.8 Å². The molecule has 1 aromatic heterocycles. The molecule has 2 aromatic rings. The molecule has 0 saturated carbocycles. The van der Waals surface area contributed by atoms with E-state index in [1.54, 1.807) is 0 Å². The van der Waals surface area contributed by atoms with Crippen LogP contribution in [0.1, 0.15) is 5.56 Å². The lowest BCUT2D eigenvalue weighted by atomic mass is 10.1. The quantitative estimate of drug-likeness (QED) is 0.825.